The standard InChI is InChI=1S/C9H11N7O2S2/c1-3-5-12-9(20-15-5)19-7-6(16(17)18)4(2)11-8(13-7)14-10/h3,10H2,1-2H3,(H,11,13,14). The molecule has 2 rings (SSSR count). The first kappa shape index (κ1) is 14.6. The predicted octanol–water partition coefficient (Wildman–Crippen LogP) is 1.54. The van der Waals surface area contributed by atoms with E-state index in [0.717, 1.165) is 11.8 Å². The molecule has 0 atom stereocenters. The first-order valence-corrected chi connectivity index (χ1v) is 7.14. The Kier molecular flexibility index (Phi) is 4.42. The molecule has 0 aliphatic heterocycles. The molecule has 0 aromatic carbocycles. The molecule has 9 nitrogen and oxygen atoms in total. The summed E-state index contributed by atoms with van der Waals surface area (Å²) >= 11 is 2.25. The van der Waals surface area contributed by atoms with Crippen molar-refractivity contribution in [2.24, 2.45) is 5.84 Å². The van der Waals surface area contributed by atoms with Gasteiger partial charge >= 0.3 is 5.69 Å². The van der Waals surface area contributed by atoms with E-state index in [1.165, 1.54) is 18.5 Å². The van der Waals surface area contributed by atoms with Crippen LogP contribution < -0.4 is 11.3 Å². The molecule has 0 unspecified atom stereocenters. The Morgan fingerprint density at radius 3 is 2.75 bits per heavy atom. The number of aryl methyl sites for hydroxylation is 2. The third-order valence-corrected chi connectivity index (χ3v) is 4.05. The molecular weight excluding hydrogens is 302 g/mol. The Hall–Kier alpha value is -1.85. The Balaban J connectivity index is 2.42. The molecule has 11 heteroatoms. The highest BCUT2D eigenvalue weighted by atomic mass is 32.2. The summed E-state index contributed by atoms with van der Waals surface area (Å²) in [5.74, 6) is 6.07. The summed E-state index contributed by atoms with van der Waals surface area (Å²) in [6.45, 7) is 3.46. The van der Waals surface area contributed by atoms with Gasteiger partial charge in [-0.15, -0.1) is 0 Å². The summed E-state index contributed by atoms with van der Waals surface area (Å²) in [6, 6.07) is 0. The summed E-state index contributed by atoms with van der Waals surface area (Å²) in [4.78, 5) is 22.8. The number of hydrogen-bond acceptors (Lipinski definition) is 10. The lowest BCUT2D eigenvalue weighted by atomic mass is 10.4. The number of hydrogen-bond donors (Lipinski definition) is 2. The molecular formula is C9H11N7O2S2. The lowest BCUT2D eigenvalue weighted by Gasteiger charge is -2.04. The maximum Gasteiger partial charge on any atom is 0.322 e. The van der Waals surface area contributed by atoms with Crippen LogP contribution in [0, 0.1) is 17.0 Å². The van der Waals surface area contributed by atoms with E-state index in [0.29, 0.717) is 16.6 Å². The van der Waals surface area contributed by atoms with Crippen LogP contribution in [0.2, 0.25) is 0 Å². The fourth-order valence-electron chi connectivity index (χ4n) is 1.39. The lowest BCUT2D eigenvalue weighted by Crippen LogP contribution is -2.12. The van der Waals surface area contributed by atoms with Crippen molar-refractivity contribution in [3.05, 3.63) is 21.6 Å². The van der Waals surface area contributed by atoms with E-state index in [-0.39, 0.29) is 22.4 Å². The van der Waals surface area contributed by atoms with Gasteiger partial charge in [-0.25, -0.2) is 15.8 Å². The molecule has 0 fully saturated rings. The zero-order valence-corrected chi connectivity index (χ0v) is 12.3. The van der Waals surface area contributed by atoms with Crippen LogP contribution in [0.15, 0.2) is 9.37 Å². The van der Waals surface area contributed by atoms with Gasteiger partial charge in [0.25, 0.3) is 0 Å². The SMILES string of the molecule is CCc1nsc(Sc2nc(NN)nc(C)c2[N+](=O)[O-])n1. The number of anilines is 1. The highest BCUT2D eigenvalue weighted by Gasteiger charge is 2.24. The summed E-state index contributed by atoms with van der Waals surface area (Å²) in [6.07, 6.45) is 0.706. The minimum Gasteiger partial charge on any atom is -0.292 e. The molecule has 2 heterocycles. The average molecular weight is 313 g/mol. The normalized spacial score (nSPS) is 10.6. The largest absolute Gasteiger partial charge is 0.322 e. The van der Waals surface area contributed by atoms with E-state index in [4.69, 9.17) is 5.84 Å². The van der Waals surface area contributed by atoms with Crippen LogP contribution in [0.4, 0.5) is 11.6 Å². The van der Waals surface area contributed by atoms with Crippen molar-refractivity contribution in [2.45, 2.75) is 29.6 Å². The Labute approximate surface area is 122 Å². The van der Waals surface area contributed by atoms with Gasteiger partial charge in [0.2, 0.25) is 5.95 Å². The minimum absolute atomic E-state index is 0.121. The summed E-state index contributed by atoms with van der Waals surface area (Å²) in [7, 11) is 0. The first-order valence-electron chi connectivity index (χ1n) is 5.55. The van der Waals surface area contributed by atoms with Crippen LogP contribution in [0.5, 0.6) is 0 Å². The number of nitrogens with zero attached hydrogens (tertiary/aromatic N) is 5. The van der Waals surface area contributed by atoms with Crippen molar-refractivity contribution in [1.29, 1.82) is 0 Å². The van der Waals surface area contributed by atoms with Crippen LogP contribution in [-0.2, 0) is 6.42 Å². The van der Waals surface area contributed by atoms with Crippen molar-refractivity contribution in [2.75, 3.05) is 5.43 Å². The Morgan fingerprint density at radius 2 is 2.20 bits per heavy atom. The highest BCUT2D eigenvalue weighted by molar-refractivity contribution is 8.01. The van der Waals surface area contributed by atoms with Gasteiger partial charge in [0, 0.05) is 6.42 Å². The second-order valence-electron chi connectivity index (χ2n) is 3.62. The van der Waals surface area contributed by atoms with Crippen molar-refractivity contribution in [3.63, 3.8) is 0 Å². The highest BCUT2D eigenvalue weighted by Crippen LogP contribution is 2.35. The van der Waals surface area contributed by atoms with Crippen LogP contribution in [0.25, 0.3) is 0 Å². The zero-order chi connectivity index (χ0) is 14.7. The Morgan fingerprint density at radius 1 is 1.45 bits per heavy atom. The van der Waals surface area contributed by atoms with Gasteiger partial charge < -0.3 is 0 Å². The molecule has 0 radical (unpaired) electrons. The van der Waals surface area contributed by atoms with Crippen molar-refractivity contribution >= 4 is 34.9 Å². The van der Waals surface area contributed by atoms with E-state index in [9.17, 15) is 10.1 Å². The average Bonchev–Trinajstić information content (AvgIpc) is 2.85. The number of nitro groups is 1. The molecule has 0 saturated heterocycles. The number of nitrogens with two attached hydrogens (primary N) is 1. The maximum atomic E-state index is 11.1. The fraction of sp³-hybridized carbons (Fsp3) is 0.333. The summed E-state index contributed by atoms with van der Waals surface area (Å²) in [5.41, 5.74) is 2.37. The molecule has 0 aliphatic rings. The van der Waals surface area contributed by atoms with Gasteiger partial charge in [0.1, 0.15) is 11.5 Å². The van der Waals surface area contributed by atoms with Gasteiger partial charge in [0.05, 0.1) is 4.92 Å². The maximum absolute atomic E-state index is 11.1. The second kappa shape index (κ2) is 6.07. The third kappa shape index (κ3) is 3.00. The molecule has 0 amide bonds. The summed E-state index contributed by atoms with van der Waals surface area (Å²) < 4.78 is 4.72. The monoisotopic (exact) mass is 313 g/mol. The topological polar surface area (TPSA) is 133 Å². The van der Waals surface area contributed by atoms with Gasteiger partial charge in [-0.1, -0.05) is 6.92 Å². The van der Waals surface area contributed by atoms with Crippen LogP contribution in [0.3, 0.4) is 0 Å². The molecule has 0 saturated carbocycles. The molecule has 0 bridgehead atoms. The van der Waals surface area contributed by atoms with E-state index in [1.54, 1.807) is 0 Å². The van der Waals surface area contributed by atoms with Crippen molar-refractivity contribution < 1.29 is 4.92 Å². The summed E-state index contributed by atoms with van der Waals surface area (Å²) in [5, 5.41) is 11.3. The smallest absolute Gasteiger partial charge is 0.292 e. The van der Waals surface area contributed by atoms with Crippen molar-refractivity contribution in [3.8, 4) is 0 Å². The van der Waals surface area contributed by atoms with E-state index < -0.39 is 4.92 Å². The first-order chi connectivity index (χ1) is 9.55. The molecule has 0 spiro atoms. The minimum atomic E-state index is -0.514. The van der Waals surface area contributed by atoms with Crippen LogP contribution >= 0.6 is 23.3 Å². The third-order valence-electron chi connectivity index (χ3n) is 2.29. The number of aromatic nitrogens is 4. The zero-order valence-electron chi connectivity index (χ0n) is 10.7. The molecule has 2 aromatic rings. The van der Waals surface area contributed by atoms with Crippen LogP contribution in [0.1, 0.15) is 18.4 Å². The molecule has 2 aromatic heterocycles. The van der Waals surface area contributed by atoms with Crippen LogP contribution in [-0.4, -0.2) is 24.2 Å². The lowest BCUT2D eigenvalue weighted by molar-refractivity contribution is -0.389. The van der Waals surface area contributed by atoms with Gasteiger partial charge in [-0.2, -0.15) is 9.36 Å². The predicted molar refractivity (Wildman–Crippen MR) is 74.6 cm³/mol. The second-order valence-corrected chi connectivity index (χ2v) is 5.61. The van der Waals surface area contributed by atoms with E-state index >= 15 is 0 Å². The Bertz CT molecular complexity index is 645. The number of rotatable bonds is 5. The molecule has 3 N–H and O–H groups in total. The molecule has 20 heavy (non-hydrogen) atoms. The number of hydrazine groups is 1. The fourth-order valence-corrected chi connectivity index (χ4v) is 3.16. The van der Waals surface area contributed by atoms with Gasteiger partial charge in [-0.05, 0) is 30.2 Å². The quantitative estimate of drug-likeness (QED) is 0.365. The van der Waals surface area contributed by atoms with E-state index in [1.807, 2.05) is 6.92 Å². The van der Waals surface area contributed by atoms with Gasteiger partial charge in [0.15, 0.2) is 9.37 Å². The number of nitrogen functional groups attached to an aromatic ring is 1. The molecule has 106 valence electrons. The molecule has 0 aliphatic carbocycles. The van der Waals surface area contributed by atoms with Gasteiger partial charge in [-0.3, -0.25) is 15.5 Å². The number of nitrogens with one attached hydrogen (secondary N) is 1. The van der Waals surface area contributed by atoms with Crippen molar-refractivity contribution in [1.82, 2.24) is 19.3 Å². The van der Waals surface area contributed by atoms with E-state index in [2.05, 4.69) is 24.8 Å².